The first-order chi connectivity index (χ1) is 19.9. The lowest BCUT2D eigenvalue weighted by Gasteiger charge is -2.46. The smallest absolute Gasteiger partial charge is 0.229 e. The summed E-state index contributed by atoms with van der Waals surface area (Å²) in [6.07, 6.45) is -15.6. The molecular formula is C27H32O15. The largest absolute Gasteiger partial charge is 0.508 e. The second kappa shape index (κ2) is 11.7. The summed E-state index contributed by atoms with van der Waals surface area (Å²) in [7, 11) is 0. The minimum absolute atomic E-state index is 0.0266. The van der Waals surface area contributed by atoms with E-state index in [1.54, 1.807) is 0 Å². The summed E-state index contributed by atoms with van der Waals surface area (Å²) in [5.41, 5.74) is 0.307. The molecule has 15 nitrogen and oxygen atoms in total. The lowest BCUT2D eigenvalue weighted by atomic mass is 9.97. The highest BCUT2D eigenvalue weighted by Crippen LogP contribution is 2.45. The zero-order valence-corrected chi connectivity index (χ0v) is 22.0. The molecule has 1 unspecified atom stereocenters. The zero-order chi connectivity index (χ0) is 30.5. The fourth-order valence-electron chi connectivity index (χ4n) is 4.99. The van der Waals surface area contributed by atoms with Crippen LogP contribution in [0.3, 0.4) is 0 Å². The van der Waals surface area contributed by atoms with Crippen molar-refractivity contribution in [3.05, 3.63) is 47.2 Å². The molecule has 2 fully saturated rings. The molecule has 3 heterocycles. The Bertz CT molecular complexity index is 1320. The Morgan fingerprint density at radius 3 is 2.19 bits per heavy atom. The summed E-state index contributed by atoms with van der Waals surface area (Å²) in [6.45, 7) is 0.668. The van der Waals surface area contributed by atoms with Gasteiger partial charge in [-0.2, -0.15) is 0 Å². The van der Waals surface area contributed by atoms with E-state index in [1.165, 1.54) is 37.3 Å². The molecule has 2 aromatic rings. The fraction of sp³-hybridized carbons (Fsp3) is 0.481. The number of phenolic OH excluding ortho intramolecular Hbond substituents is 4. The Kier molecular flexibility index (Phi) is 8.39. The van der Waals surface area contributed by atoms with Crippen molar-refractivity contribution in [3.63, 3.8) is 0 Å². The second-order valence-electron chi connectivity index (χ2n) is 10.3. The lowest BCUT2D eigenvalue weighted by Crippen LogP contribution is -2.64. The number of aliphatic hydroxyl groups is 6. The number of phenols is 4. The van der Waals surface area contributed by atoms with Gasteiger partial charge in [0.25, 0.3) is 0 Å². The van der Waals surface area contributed by atoms with E-state index in [-0.39, 0.29) is 34.1 Å². The normalized spacial score (nSPS) is 36.5. The minimum atomic E-state index is -1.80. The molecule has 0 spiro atoms. The van der Waals surface area contributed by atoms with Gasteiger partial charge in [0.1, 0.15) is 59.6 Å². The maximum atomic E-state index is 10.9. The Morgan fingerprint density at radius 1 is 0.762 bits per heavy atom. The fourth-order valence-corrected chi connectivity index (χ4v) is 4.99. The molecule has 230 valence electrons. The first kappa shape index (κ1) is 30.1. The average Bonchev–Trinajstić information content (AvgIpc) is 2.95. The van der Waals surface area contributed by atoms with Gasteiger partial charge in [0.2, 0.25) is 6.29 Å². The van der Waals surface area contributed by atoms with Crippen LogP contribution in [0, 0.1) is 0 Å². The van der Waals surface area contributed by atoms with Gasteiger partial charge < -0.3 is 74.7 Å². The number of ether oxygens (including phenoxy) is 5. The van der Waals surface area contributed by atoms with Gasteiger partial charge in [-0.3, -0.25) is 0 Å². The number of fused-ring (bicyclic) bond motifs is 1. The van der Waals surface area contributed by atoms with Gasteiger partial charge in [0, 0.05) is 17.7 Å². The molecule has 0 bridgehead atoms. The molecule has 0 saturated carbocycles. The number of aromatic hydroxyl groups is 4. The van der Waals surface area contributed by atoms with E-state index in [0.29, 0.717) is 0 Å². The maximum Gasteiger partial charge on any atom is 0.229 e. The molecule has 42 heavy (non-hydrogen) atoms. The van der Waals surface area contributed by atoms with E-state index in [9.17, 15) is 51.1 Å². The first-order valence-electron chi connectivity index (χ1n) is 13.0. The van der Waals surface area contributed by atoms with Crippen LogP contribution in [0.5, 0.6) is 28.7 Å². The van der Waals surface area contributed by atoms with Gasteiger partial charge in [-0.15, -0.1) is 0 Å². The molecule has 0 aromatic heterocycles. The summed E-state index contributed by atoms with van der Waals surface area (Å²) in [6, 6.07) is 6.04. The SMILES string of the molecule is C[C@@H]1O[C@@H](O[C@H]2[C@H](OC3=Cc4c(O)cc(O)cc4OC3c3ccc(O)c(O)c3)O[C@@H](CO)[C@@H](O)[C@@H]2O)[C@@H](O)[C@H](O)[C@H]1O. The van der Waals surface area contributed by atoms with Crippen LogP contribution in [0.15, 0.2) is 36.1 Å². The lowest BCUT2D eigenvalue weighted by molar-refractivity contribution is -0.361. The van der Waals surface area contributed by atoms with E-state index < -0.39 is 85.6 Å². The number of benzene rings is 2. The van der Waals surface area contributed by atoms with Crippen molar-refractivity contribution in [2.45, 2.75) is 74.4 Å². The van der Waals surface area contributed by atoms with Gasteiger partial charge in [0.05, 0.1) is 18.3 Å². The Balaban J connectivity index is 1.52. The summed E-state index contributed by atoms with van der Waals surface area (Å²) < 4.78 is 29.0. The Labute approximate surface area is 238 Å². The predicted octanol–water partition coefficient (Wildman–Crippen LogP) is -1.35. The minimum Gasteiger partial charge on any atom is -0.508 e. The summed E-state index contributed by atoms with van der Waals surface area (Å²) in [5, 5.41) is 102. The maximum absolute atomic E-state index is 10.9. The standard InChI is InChI=1S/C27H32O15/c1-9-19(33)21(35)23(37)26(38-9)42-25-22(36)20(34)18(8-28)41-27(25)40-17-7-12-14(31)5-11(29)6-16(12)39-24(17)10-2-3-13(30)15(32)4-10/h2-7,9,18-37H,8H2,1H3/t9-,18-,19-,20+,21+,22-,23-,24?,25+,26-,27+/m0/s1. The van der Waals surface area contributed by atoms with Crippen LogP contribution < -0.4 is 4.74 Å². The molecule has 3 aliphatic rings. The molecule has 0 radical (unpaired) electrons. The average molecular weight is 597 g/mol. The molecule has 0 amide bonds. The summed E-state index contributed by atoms with van der Waals surface area (Å²) in [4.78, 5) is 0. The monoisotopic (exact) mass is 596 g/mol. The Hall–Kier alpha value is -3.38. The van der Waals surface area contributed by atoms with Crippen LogP contribution in [-0.4, -0.2) is 119 Å². The van der Waals surface area contributed by atoms with Gasteiger partial charge >= 0.3 is 0 Å². The van der Waals surface area contributed by atoms with Crippen molar-refractivity contribution in [3.8, 4) is 28.7 Å². The molecule has 3 aliphatic heterocycles. The molecule has 2 saturated heterocycles. The van der Waals surface area contributed by atoms with Crippen molar-refractivity contribution in [2.75, 3.05) is 6.61 Å². The third-order valence-corrected chi connectivity index (χ3v) is 7.37. The van der Waals surface area contributed by atoms with Crippen molar-refractivity contribution in [2.24, 2.45) is 0 Å². The highest BCUT2D eigenvalue weighted by Gasteiger charge is 2.51. The zero-order valence-electron chi connectivity index (χ0n) is 22.0. The molecule has 2 aromatic carbocycles. The van der Waals surface area contributed by atoms with E-state index in [4.69, 9.17) is 23.7 Å². The van der Waals surface area contributed by atoms with Gasteiger partial charge in [0.15, 0.2) is 30.0 Å². The first-order valence-corrected chi connectivity index (χ1v) is 13.0. The molecule has 15 heteroatoms. The molecule has 0 aliphatic carbocycles. The summed E-state index contributed by atoms with van der Waals surface area (Å²) >= 11 is 0. The topological polar surface area (TPSA) is 248 Å². The summed E-state index contributed by atoms with van der Waals surface area (Å²) in [5.74, 6) is -1.70. The number of hydrogen-bond acceptors (Lipinski definition) is 15. The van der Waals surface area contributed by atoms with E-state index in [0.717, 1.165) is 6.07 Å². The highest BCUT2D eigenvalue weighted by atomic mass is 16.8. The second-order valence-corrected chi connectivity index (χ2v) is 10.3. The highest BCUT2D eigenvalue weighted by molar-refractivity contribution is 5.69. The van der Waals surface area contributed by atoms with Crippen molar-refractivity contribution < 1.29 is 74.7 Å². The molecule has 10 N–H and O–H groups in total. The van der Waals surface area contributed by atoms with Gasteiger partial charge in [-0.05, 0) is 25.1 Å². The van der Waals surface area contributed by atoms with Crippen LogP contribution in [0.25, 0.3) is 6.08 Å². The van der Waals surface area contributed by atoms with Gasteiger partial charge in [-0.25, -0.2) is 0 Å². The van der Waals surface area contributed by atoms with Crippen molar-refractivity contribution in [1.82, 2.24) is 0 Å². The van der Waals surface area contributed by atoms with Crippen LogP contribution in [0.2, 0.25) is 0 Å². The third kappa shape index (κ3) is 5.54. The Morgan fingerprint density at radius 2 is 1.50 bits per heavy atom. The predicted molar refractivity (Wildman–Crippen MR) is 137 cm³/mol. The molecule has 5 rings (SSSR count). The van der Waals surface area contributed by atoms with Crippen LogP contribution in [0.1, 0.15) is 24.2 Å². The van der Waals surface area contributed by atoms with E-state index in [1.807, 2.05) is 0 Å². The van der Waals surface area contributed by atoms with E-state index in [2.05, 4.69) is 0 Å². The van der Waals surface area contributed by atoms with E-state index >= 15 is 0 Å². The van der Waals surface area contributed by atoms with Crippen molar-refractivity contribution in [1.29, 1.82) is 0 Å². The number of hydrogen-bond donors (Lipinski definition) is 10. The third-order valence-electron chi connectivity index (χ3n) is 7.37. The number of aliphatic hydroxyl groups excluding tert-OH is 6. The quantitative estimate of drug-likeness (QED) is 0.173. The molecule has 11 atom stereocenters. The van der Waals surface area contributed by atoms with Gasteiger partial charge in [-0.1, -0.05) is 6.07 Å². The van der Waals surface area contributed by atoms with Crippen LogP contribution in [-0.2, 0) is 18.9 Å². The van der Waals surface area contributed by atoms with Crippen LogP contribution in [0.4, 0.5) is 0 Å². The van der Waals surface area contributed by atoms with Crippen LogP contribution >= 0.6 is 0 Å². The molecular weight excluding hydrogens is 564 g/mol. The number of rotatable bonds is 6. The van der Waals surface area contributed by atoms with Crippen molar-refractivity contribution >= 4 is 6.08 Å².